The molecule has 10 heteroatoms. The summed E-state index contributed by atoms with van der Waals surface area (Å²) in [6.07, 6.45) is 13.5. The molecule has 1 aromatic carbocycles. The van der Waals surface area contributed by atoms with Crippen LogP contribution in [0.3, 0.4) is 0 Å². The second-order valence-electron chi connectivity index (χ2n) is 7.75. The first-order valence-corrected chi connectivity index (χ1v) is 10.7. The van der Waals surface area contributed by atoms with Crippen LogP contribution in [0.15, 0.2) is 55.5 Å². The summed E-state index contributed by atoms with van der Waals surface area (Å²) in [7, 11) is 0. The number of anilines is 4. The number of benzene rings is 1. The van der Waals surface area contributed by atoms with Gasteiger partial charge in [0, 0.05) is 31.0 Å². The standard InChI is InChI=1S/C24H24N8O2/c1-3-16-8-5-6-10-20(16)29-23-19(22(25)34)13-26-24(30-23)28-17-12-27-32(14-17)18-9-7-11-31(15-18)21(33)4-2/h1,4-6,8,10,12-14,18H,2,7,9,11,15H2,(H2,25,34)(H2,26,28,29,30)/t18-/m0/s1. The molecule has 4 N–H and O–H groups in total. The molecule has 0 unspecified atom stereocenters. The lowest BCUT2D eigenvalue weighted by Gasteiger charge is -2.32. The summed E-state index contributed by atoms with van der Waals surface area (Å²) in [5, 5.41) is 10.6. The summed E-state index contributed by atoms with van der Waals surface area (Å²) in [5.41, 5.74) is 7.52. The second kappa shape index (κ2) is 9.87. The second-order valence-corrected chi connectivity index (χ2v) is 7.75. The fraction of sp³-hybridized carbons (Fsp3) is 0.208. The Morgan fingerprint density at radius 2 is 2.09 bits per heavy atom. The lowest BCUT2D eigenvalue weighted by Crippen LogP contribution is -2.39. The number of likely N-dealkylation sites (tertiary alicyclic amines) is 1. The Kier molecular flexibility index (Phi) is 6.54. The third kappa shape index (κ3) is 4.88. The van der Waals surface area contributed by atoms with E-state index in [2.05, 4.69) is 38.2 Å². The molecule has 1 saturated heterocycles. The molecule has 0 radical (unpaired) electrons. The largest absolute Gasteiger partial charge is 0.365 e. The number of nitrogens with one attached hydrogen (secondary N) is 2. The zero-order valence-electron chi connectivity index (χ0n) is 18.4. The zero-order valence-corrected chi connectivity index (χ0v) is 18.4. The molecule has 0 spiro atoms. The number of hydrogen-bond donors (Lipinski definition) is 3. The molecule has 172 valence electrons. The Balaban J connectivity index is 1.53. The van der Waals surface area contributed by atoms with Crippen LogP contribution in [-0.4, -0.2) is 49.6 Å². The molecule has 4 rings (SSSR count). The number of para-hydroxylation sites is 1. The average Bonchev–Trinajstić information content (AvgIpc) is 3.32. The highest BCUT2D eigenvalue weighted by atomic mass is 16.2. The molecule has 34 heavy (non-hydrogen) atoms. The highest BCUT2D eigenvalue weighted by Crippen LogP contribution is 2.25. The molecule has 0 aliphatic carbocycles. The summed E-state index contributed by atoms with van der Waals surface area (Å²) < 4.78 is 1.82. The molecule has 2 aromatic heterocycles. The van der Waals surface area contributed by atoms with Gasteiger partial charge in [0.15, 0.2) is 0 Å². The number of carbonyl (C=O) groups is 2. The maximum absolute atomic E-state index is 12.0. The van der Waals surface area contributed by atoms with E-state index in [0.717, 1.165) is 12.8 Å². The van der Waals surface area contributed by atoms with E-state index in [-0.39, 0.29) is 29.3 Å². The lowest BCUT2D eigenvalue weighted by molar-refractivity contribution is -0.127. The minimum atomic E-state index is -0.670. The first-order chi connectivity index (χ1) is 16.5. The number of terminal acetylenes is 1. The first-order valence-electron chi connectivity index (χ1n) is 10.7. The van der Waals surface area contributed by atoms with Crippen LogP contribution in [-0.2, 0) is 4.79 Å². The molecule has 1 atom stereocenters. The van der Waals surface area contributed by atoms with Crippen molar-refractivity contribution in [2.45, 2.75) is 18.9 Å². The Bertz CT molecular complexity index is 1280. The van der Waals surface area contributed by atoms with E-state index in [1.807, 2.05) is 23.0 Å². The van der Waals surface area contributed by atoms with Crippen LogP contribution in [0.1, 0.15) is 34.8 Å². The number of primary amides is 1. The number of carbonyl (C=O) groups excluding carboxylic acids is 2. The van der Waals surface area contributed by atoms with Crippen molar-refractivity contribution in [1.82, 2.24) is 24.6 Å². The summed E-state index contributed by atoms with van der Waals surface area (Å²) in [4.78, 5) is 34.3. The summed E-state index contributed by atoms with van der Waals surface area (Å²) in [5.74, 6) is 2.31. The molecule has 0 saturated carbocycles. The van der Waals surface area contributed by atoms with Crippen molar-refractivity contribution in [2.75, 3.05) is 23.7 Å². The van der Waals surface area contributed by atoms with Crippen LogP contribution >= 0.6 is 0 Å². The molecule has 1 aliphatic rings. The quantitative estimate of drug-likeness (QED) is 0.368. The van der Waals surface area contributed by atoms with Crippen LogP contribution in [0.5, 0.6) is 0 Å². The molecular weight excluding hydrogens is 432 g/mol. The Morgan fingerprint density at radius 1 is 1.26 bits per heavy atom. The van der Waals surface area contributed by atoms with Gasteiger partial charge in [-0.15, -0.1) is 6.42 Å². The fourth-order valence-electron chi connectivity index (χ4n) is 3.79. The van der Waals surface area contributed by atoms with Gasteiger partial charge >= 0.3 is 0 Å². The van der Waals surface area contributed by atoms with E-state index in [0.29, 0.717) is 30.0 Å². The van der Waals surface area contributed by atoms with E-state index >= 15 is 0 Å². The van der Waals surface area contributed by atoms with Crippen molar-refractivity contribution >= 4 is 35.0 Å². The minimum Gasteiger partial charge on any atom is -0.365 e. The summed E-state index contributed by atoms with van der Waals surface area (Å²) >= 11 is 0. The van der Waals surface area contributed by atoms with E-state index in [1.54, 1.807) is 23.2 Å². The van der Waals surface area contributed by atoms with Gasteiger partial charge in [-0.25, -0.2) is 4.98 Å². The van der Waals surface area contributed by atoms with Crippen molar-refractivity contribution in [3.8, 4) is 12.3 Å². The van der Waals surface area contributed by atoms with E-state index in [9.17, 15) is 9.59 Å². The fourth-order valence-corrected chi connectivity index (χ4v) is 3.79. The Morgan fingerprint density at radius 3 is 2.85 bits per heavy atom. The van der Waals surface area contributed by atoms with Gasteiger partial charge in [-0.2, -0.15) is 10.1 Å². The maximum atomic E-state index is 12.0. The predicted octanol–water partition coefficient (Wildman–Crippen LogP) is 2.59. The molecule has 3 heterocycles. The molecule has 1 fully saturated rings. The van der Waals surface area contributed by atoms with Gasteiger partial charge in [-0.05, 0) is 31.1 Å². The monoisotopic (exact) mass is 456 g/mol. The van der Waals surface area contributed by atoms with Crippen LogP contribution in [0.2, 0.25) is 0 Å². The van der Waals surface area contributed by atoms with Crippen molar-refractivity contribution in [3.63, 3.8) is 0 Å². The first kappa shape index (κ1) is 22.5. The number of nitrogens with two attached hydrogens (primary N) is 1. The Hall–Kier alpha value is -4.65. The predicted molar refractivity (Wildman–Crippen MR) is 129 cm³/mol. The Labute approximate surface area is 196 Å². The van der Waals surface area contributed by atoms with Gasteiger partial charge in [0.2, 0.25) is 11.9 Å². The zero-order chi connectivity index (χ0) is 24.1. The average molecular weight is 457 g/mol. The van der Waals surface area contributed by atoms with Gasteiger partial charge in [0.25, 0.3) is 5.91 Å². The number of amides is 2. The van der Waals surface area contributed by atoms with E-state index in [4.69, 9.17) is 12.2 Å². The number of nitrogens with zero attached hydrogens (tertiary/aromatic N) is 5. The number of rotatable bonds is 7. The third-order valence-electron chi connectivity index (χ3n) is 5.50. The van der Waals surface area contributed by atoms with Gasteiger partial charge in [-0.1, -0.05) is 24.6 Å². The molecule has 10 nitrogen and oxygen atoms in total. The van der Waals surface area contributed by atoms with Gasteiger partial charge in [0.1, 0.15) is 11.4 Å². The van der Waals surface area contributed by atoms with Crippen molar-refractivity contribution < 1.29 is 9.59 Å². The normalized spacial score (nSPS) is 15.3. The van der Waals surface area contributed by atoms with E-state index < -0.39 is 5.91 Å². The smallest absolute Gasteiger partial charge is 0.254 e. The van der Waals surface area contributed by atoms with Crippen LogP contribution in [0.25, 0.3) is 0 Å². The topological polar surface area (TPSA) is 131 Å². The van der Waals surface area contributed by atoms with Crippen molar-refractivity contribution in [3.05, 3.63) is 66.6 Å². The molecule has 3 aromatic rings. The molecule has 1 aliphatic heterocycles. The van der Waals surface area contributed by atoms with Crippen molar-refractivity contribution in [1.29, 1.82) is 0 Å². The molecular formula is C24H24N8O2. The van der Waals surface area contributed by atoms with E-state index in [1.165, 1.54) is 12.3 Å². The van der Waals surface area contributed by atoms with Gasteiger partial charge in [0.05, 0.1) is 23.6 Å². The number of aromatic nitrogens is 4. The summed E-state index contributed by atoms with van der Waals surface area (Å²) in [6, 6.07) is 7.25. The lowest BCUT2D eigenvalue weighted by atomic mass is 10.1. The van der Waals surface area contributed by atoms with Crippen LogP contribution in [0, 0.1) is 12.3 Å². The molecule has 0 bridgehead atoms. The SMILES string of the molecule is C#Cc1ccccc1Nc1nc(Nc2cnn([C@H]3CCCN(C(=O)C=C)C3)c2)ncc1C(N)=O. The van der Waals surface area contributed by atoms with Crippen LogP contribution < -0.4 is 16.4 Å². The van der Waals surface area contributed by atoms with Gasteiger partial charge in [-0.3, -0.25) is 14.3 Å². The third-order valence-corrected chi connectivity index (χ3v) is 5.50. The highest BCUT2D eigenvalue weighted by molar-refractivity contribution is 5.98. The van der Waals surface area contributed by atoms with Crippen LogP contribution in [0.4, 0.5) is 23.1 Å². The molecule has 2 amide bonds. The maximum Gasteiger partial charge on any atom is 0.254 e. The van der Waals surface area contributed by atoms with Gasteiger partial charge < -0.3 is 21.3 Å². The summed E-state index contributed by atoms with van der Waals surface area (Å²) in [6.45, 7) is 4.85. The number of piperidine rings is 1. The number of hydrogen-bond acceptors (Lipinski definition) is 7. The highest BCUT2D eigenvalue weighted by Gasteiger charge is 2.24. The minimum absolute atomic E-state index is 0.0591. The van der Waals surface area contributed by atoms with Crippen molar-refractivity contribution in [2.24, 2.45) is 5.73 Å².